The van der Waals surface area contributed by atoms with Crippen LogP contribution in [0.1, 0.15) is 10.5 Å². The van der Waals surface area contributed by atoms with Crippen molar-refractivity contribution in [3.05, 3.63) is 101 Å². The molecular weight excluding hydrogens is 467 g/mol. The summed E-state index contributed by atoms with van der Waals surface area (Å²) in [6, 6.07) is 20.3. The summed E-state index contributed by atoms with van der Waals surface area (Å²) < 4.78 is 19.3. The topological polar surface area (TPSA) is 111 Å². The number of nitrogens with zero attached hydrogens (tertiary/aromatic N) is 3. The van der Waals surface area contributed by atoms with Crippen LogP contribution in [0, 0.1) is 5.82 Å². The number of benzene rings is 3. The van der Waals surface area contributed by atoms with E-state index in [1.807, 2.05) is 0 Å². The van der Waals surface area contributed by atoms with E-state index in [9.17, 15) is 23.6 Å². The third kappa shape index (κ3) is 5.44. The predicted octanol–water partition coefficient (Wildman–Crippen LogP) is 2.78. The van der Waals surface area contributed by atoms with E-state index >= 15 is 0 Å². The van der Waals surface area contributed by atoms with Crippen LogP contribution in [0.15, 0.2) is 83.7 Å². The highest BCUT2D eigenvalue weighted by atomic mass is 19.1. The molecule has 0 unspecified atom stereocenters. The lowest BCUT2D eigenvalue weighted by Gasteiger charge is -2.17. The molecule has 0 radical (unpaired) electrons. The molecule has 182 valence electrons. The lowest BCUT2D eigenvalue weighted by atomic mass is 10.1. The molecule has 0 atom stereocenters. The molecule has 1 heterocycles. The molecule has 9 nitrogen and oxygen atoms in total. The smallest absolute Gasteiger partial charge is 0.359 e. The van der Waals surface area contributed by atoms with Gasteiger partial charge in [-0.15, -0.1) is 0 Å². The molecule has 0 aliphatic rings. The fraction of sp³-hybridized carbons (Fsp3) is 0.115. The lowest BCUT2D eigenvalue weighted by Crippen LogP contribution is -2.37. The summed E-state index contributed by atoms with van der Waals surface area (Å²) in [6.45, 7) is -0.951. The number of nitrogens with one attached hydrogen (secondary N) is 1. The van der Waals surface area contributed by atoms with Crippen molar-refractivity contribution in [2.24, 2.45) is 0 Å². The van der Waals surface area contributed by atoms with Crippen LogP contribution in [0.25, 0.3) is 16.5 Å². The Kier molecular flexibility index (Phi) is 7.15. The van der Waals surface area contributed by atoms with Gasteiger partial charge in [-0.3, -0.25) is 14.4 Å². The second-order valence-electron chi connectivity index (χ2n) is 7.83. The Morgan fingerprint density at radius 3 is 2.28 bits per heavy atom. The molecule has 3 aromatic carbocycles. The summed E-state index contributed by atoms with van der Waals surface area (Å²) >= 11 is 0. The van der Waals surface area contributed by atoms with Crippen LogP contribution in [0.4, 0.5) is 10.1 Å². The van der Waals surface area contributed by atoms with Gasteiger partial charge in [0.2, 0.25) is 5.91 Å². The van der Waals surface area contributed by atoms with Crippen molar-refractivity contribution >= 4 is 34.2 Å². The maximum atomic E-state index is 13.0. The number of amides is 2. The molecular formula is C26H21FN4O5. The van der Waals surface area contributed by atoms with Gasteiger partial charge in [0, 0.05) is 18.1 Å². The molecule has 0 saturated carbocycles. The van der Waals surface area contributed by atoms with E-state index in [0.29, 0.717) is 16.8 Å². The molecule has 1 aromatic heterocycles. The molecule has 0 aliphatic heterocycles. The number of carbonyl (C=O) groups is 3. The van der Waals surface area contributed by atoms with Gasteiger partial charge in [-0.2, -0.15) is 9.78 Å². The molecule has 0 saturated heterocycles. The van der Waals surface area contributed by atoms with Crippen LogP contribution >= 0.6 is 0 Å². The Bertz CT molecular complexity index is 1490. The number of para-hydroxylation sites is 1. The van der Waals surface area contributed by atoms with Crippen molar-refractivity contribution in [3.8, 4) is 5.69 Å². The van der Waals surface area contributed by atoms with Crippen LogP contribution in [0.5, 0.6) is 0 Å². The second kappa shape index (κ2) is 10.6. The van der Waals surface area contributed by atoms with Crippen molar-refractivity contribution in [1.82, 2.24) is 14.7 Å². The van der Waals surface area contributed by atoms with Crippen molar-refractivity contribution in [2.45, 2.75) is 0 Å². The number of halogens is 1. The number of likely N-dealkylation sites (N-methyl/N-ethyl adjacent to an activating group) is 1. The van der Waals surface area contributed by atoms with Gasteiger partial charge in [-0.05, 0) is 42.5 Å². The Labute approximate surface area is 204 Å². The molecule has 1 N–H and O–H groups in total. The van der Waals surface area contributed by atoms with Crippen molar-refractivity contribution in [1.29, 1.82) is 0 Å². The monoisotopic (exact) mass is 488 g/mol. The molecule has 10 heteroatoms. The Morgan fingerprint density at radius 1 is 0.944 bits per heavy atom. The zero-order valence-electron chi connectivity index (χ0n) is 19.2. The van der Waals surface area contributed by atoms with E-state index < -0.39 is 35.8 Å². The quantitative estimate of drug-likeness (QED) is 0.401. The van der Waals surface area contributed by atoms with Gasteiger partial charge in [0.1, 0.15) is 5.82 Å². The van der Waals surface area contributed by atoms with Crippen LogP contribution in [0.2, 0.25) is 0 Å². The van der Waals surface area contributed by atoms with Crippen molar-refractivity contribution < 1.29 is 23.5 Å². The van der Waals surface area contributed by atoms with E-state index in [1.165, 1.54) is 31.3 Å². The van der Waals surface area contributed by atoms with Gasteiger partial charge in [-0.1, -0.05) is 36.4 Å². The van der Waals surface area contributed by atoms with E-state index in [-0.39, 0.29) is 17.6 Å². The zero-order valence-corrected chi connectivity index (χ0v) is 19.2. The lowest BCUT2D eigenvalue weighted by molar-refractivity contribution is -0.136. The number of esters is 1. The third-order valence-electron chi connectivity index (χ3n) is 5.26. The average molecular weight is 488 g/mol. The van der Waals surface area contributed by atoms with Gasteiger partial charge in [0.05, 0.1) is 17.6 Å². The van der Waals surface area contributed by atoms with Gasteiger partial charge in [0.25, 0.3) is 11.5 Å². The summed E-state index contributed by atoms with van der Waals surface area (Å²) in [4.78, 5) is 51.6. The highest BCUT2D eigenvalue weighted by Crippen LogP contribution is 2.16. The first-order chi connectivity index (χ1) is 17.3. The van der Waals surface area contributed by atoms with Crippen LogP contribution in [-0.4, -0.2) is 52.7 Å². The molecule has 0 spiro atoms. The molecule has 4 aromatic rings. The van der Waals surface area contributed by atoms with E-state index in [2.05, 4.69) is 10.4 Å². The molecule has 2 amide bonds. The number of anilines is 1. The second-order valence-corrected chi connectivity index (χ2v) is 7.83. The number of fused-ring (bicyclic) bond motifs is 1. The van der Waals surface area contributed by atoms with E-state index in [0.717, 1.165) is 9.58 Å². The van der Waals surface area contributed by atoms with Crippen molar-refractivity contribution in [2.75, 3.05) is 25.5 Å². The first-order valence-electron chi connectivity index (χ1n) is 10.9. The van der Waals surface area contributed by atoms with E-state index in [1.54, 1.807) is 54.6 Å². The van der Waals surface area contributed by atoms with Crippen LogP contribution in [0.3, 0.4) is 0 Å². The first kappa shape index (κ1) is 24.3. The summed E-state index contributed by atoms with van der Waals surface area (Å²) in [6.07, 6.45) is 0. The Hall–Kier alpha value is -4.86. The fourth-order valence-corrected chi connectivity index (χ4v) is 3.43. The maximum absolute atomic E-state index is 13.0. The summed E-state index contributed by atoms with van der Waals surface area (Å²) in [7, 11) is 1.38. The summed E-state index contributed by atoms with van der Waals surface area (Å²) in [5.74, 6) is -2.47. The highest BCUT2D eigenvalue weighted by Gasteiger charge is 2.21. The normalized spacial score (nSPS) is 10.6. The van der Waals surface area contributed by atoms with Gasteiger partial charge < -0.3 is 15.0 Å². The molecule has 0 fully saturated rings. The van der Waals surface area contributed by atoms with Gasteiger partial charge in [-0.25, -0.2) is 9.18 Å². The standard InChI is InChI=1S/C26H21FN4O5/c1-30(15-22(32)28-18-13-11-17(27)12-14-18)23(33)16-36-26(35)24-20-9-5-6-10-21(20)25(34)31(29-24)19-7-3-2-4-8-19/h2-14H,15-16H2,1H3,(H,28,32). The fourth-order valence-electron chi connectivity index (χ4n) is 3.43. The summed E-state index contributed by atoms with van der Waals surface area (Å²) in [5, 5.41) is 7.31. The summed E-state index contributed by atoms with van der Waals surface area (Å²) in [5.41, 5.74) is 0.306. The van der Waals surface area contributed by atoms with Crippen LogP contribution < -0.4 is 10.9 Å². The first-order valence-corrected chi connectivity index (χ1v) is 10.9. The number of rotatable bonds is 7. The SMILES string of the molecule is CN(CC(=O)Nc1ccc(F)cc1)C(=O)COC(=O)c1nn(-c2ccccc2)c(=O)c2ccccc12. The number of ether oxygens (including phenoxy) is 1. The van der Waals surface area contributed by atoms with Gasteiger partial charge in [0.15, 0.2) is 12.3 Å². The minimum atomic E-state index is -0.895. The minimum absolute atomic E-state index is 0.126. The number of hydrogen-bond acceptors (Lipinski definition) is 6. The average Bonchev–Trinajstić information content (AvgIpc) is 2.89. The Morgan fingerprint density at radius 2 is 1.58 bits per heavy atom. The van der Waals surface area contributed by atoms with Crippen molar-refractivity contribution in [3.63, 3.8) is 0 Å². The zero-order chi connectivity index (χ0) is 25.7. The van der Waals surface area contributed by atoms with Gasteiger partial charge >= 0.3 is 5.97 Å². The highest BCUT2D eigenvalue weighted by molar-refractivity contribution is 6.03. The minimum Gasteiger partial charge on any atom is -0.451 e. The predicted molar refractivity (Wildman–Crippen MR) is 130 cm³/mol. The Balaban J connectivity index is 1.46. The van der Waals surface area contributed by atoms with Crippen LogP contribution in [-0.2, 0) is 14.3 Å². The number of aromatic nitrogens is 2. The maximum Gasteiger partial charge on any atom is 0.359 e. The third-order valence-corrected chi connectivity index (χ3v) is 5.26. The largest absolute Gasteiger partial charge is 0.451 e. The number of hydrogen-bond donors (Lipinski definition) is 1. The molecule has 0 aliphatic carbocycles. The molecule has 36 heavy (non-hydrogen) atoms. The molecule has 0 bridgehead atoms. The molecule has 4 rings (SSSR count). The van der Waals surface area contributed by atoms with E-state index in [4.69, 9.17) is 4.74 Å². The number of carbonyl (C=O) groups excluding carboxylic acids is 3.